The Labute approximate surface area is 153 Å². The molecular formula is C18H25ClN4S. The van der Waals surface area contributed by atoms with Crippen LogP contribution in [-0.2, 0) is 6.42 Å². The molecule has 1 aromatic heterocycles. The normalized spacial score (nSPS) is 15.8. The lowest BCUT2D eigenvalue weighted by molar-refractivity contribution is 0.413. The molecule has 24 heavy (non-hydrogen) atoms. The monoisotopic (exact) mass is 364 g/mol. The molecular weight excluding hydrogens is 340 g/mol. The van der Waals surface area contributed by atoms with E-state index < -0.39 is 0 Å². The van der Waals surface area contributed by atoms with Crippen molar-refractivity contribution < 1.29 is 0 Å². The molecule has 0 bridgehead atoms. The van der Waals surface area contributed by atoms with Crippen LogP contribution in [0.4, 0.5) is 10.8 Å². The molecule has 4 nitrogen and oxygen atoms in total. The van der Waals surface area contributed by atoms with Crippen LogP contribution in [0.15, 0.2) is 23.6 Å². The van der Waals surface area contributed by atoms with Crippen molar-refractivity contribution in [1.29, 1.82) is 0 Å². The summed E-state index contributed by atoms with van der Waals surface area (Å²) >= 11 is 7.77. The van der Waals surface area contributed by atoms with Gasteiger partial charge in [-0.3, -0.25) is 0 Å². The van der Waals surface area contributed by atoms with Gasteiger partial charge in [-0.25, -0.2) is 4.98 Å². The molecule has 1 aliphatic heterocycles. The zero-order valence-corrected chi connectivity index (χ0v) is 15.7. The number of nitrogens with one attached hydrogen (secondary N) is 1. The number of thiazole rings is 1. The van der Waals surface area contributed by atoms with Crippen LogP contribution in [0.5, 0.6) is 0 Å². The Kier molecular flexibility index (Phi) is 5.98. The van der Waals surface area contributed by atoms with Gasteiger partial charge in [0.15, 0.2) is 5.13 Å². The maximum Gasteiger partial charge on any atom is 0.180 e. The van der Waals surface area contributed by atoms with Gasteiger partial charge in [0, 0.05) is 35.2 Å². The molecule has 0 saturated carbocycles. The highest BCUT2D eigenvalue weighted by Crippen LogP contribution is 2.25. The summed E-state index contributed by atoms with van der Waals surface area (Å²) in [5, 5.41) is 7.26. The van der Waals surface area contributed by atoms with Gasteiger partial charge in [0.2, 0.25) is 0 Å². The van der Waals surface area contributed by atoms with Gasteiger partial charge in [-0.15, -0.1) is 11.3 Å². The Morgan fingerprint density at radius 3 is 2.83 bits per heavy atom. The van der Waals surface area contributed by atoms with E-state index in [1.165, 1.54) is 29.9 Å². The van der Waals surface area contributed by atoms with Crippen LogP contribution in [0.25, 0.3) is 0 Å². The first-order chi connectivity index (χ1) is 11.6. The van der Waals surface area contributed by atoms with Crippen LogP contribution < -0.4 is 16.0 Å². The number of aryl methyl sites for hydroxylation is 2. The van der Waals surface area contributed by atoms with E-state index in [-0.39, 0.29) is 0 Å². The number of rotatable bonds is 6. The number of hydrogen-bond acceptors (Lipinski definition) is 5. The van der Waals surface area contributed by atoms with Gasteiger partial charge in [-0.2, -0.15) is 0 Å². The minimum absolute atomic E-state index is 0.614. The SMILES string of the molecule is Cc1ccc(N2CCC(NCCCc3csc(N)n3)CC2)cc1Cl. The maximum absolute atomic E-state index is 6.25. The van der Waals surface area contributed by atoms with E-state index in [1.54, 1.807) is 0 Å². The van der Waals surface area contributed by atoms with Crippen LogP contribution >= 0.6 is 22.9 Å². The molecule has 130 valence electrons. The van der Waals surface area contributed by atoms with Crippen molar-refractivity contribution in [2.75, 3.05) is 30.3 Å². The molecule has 2 heterocycles. The maximum atomic E-state index is 6.25. The molecule has 0 aliphatic carbocycles. The fourth-order valence-electron chi connectivity index (χ4n) is 3.13. The van der Waals surface area contributed by atoms with E-state index in [9.17, 15) is 0 Å². The summed E-state index contributed by atoms with van der Waals surface area (Å²) in [6.45, 7) is 5.25. The number of piperidine rings is 1. The Bertz CT molecular complexity index is 665. The minimum atomic E-state index is 0.614. The topological polar surface area (TPSA) is 54.2 Å². The fourth-order valence-corrected chi connectivity index (χ4v) is 3.91. The molecule has 1 aliphatic rings. The Morgan fingerprint density at radius 2 is 2.17 bits per heavy atom. The van der Waals surface area contributed by atoms with Gasteiger partial charge in [0.05, 0.1) is 5.69 Å². The van der Waals surface area contributed by atoms with Crippen LogP contribution in [0.3, 0.4) is 0 Å². The van der Waals surface area contributed by atoms with Gasteiger partial charge in [0.25, 0.3) is 0 Å². The van der Waals surface area contributed by atoms with Crippen molar-refractivity contribution in [3.8, 4) is 0 Å². The molecule has 1 fully saturated rings. The van der Waals surface area contributed by atoms with E-state index in [0.29, 0.717) is 11.2 Å². The van der Waals surface area contributed by atoms with Gasteiger partial charge in [-0.1, -0.05) is 17.7 Å². The molecule has 0 amide bonds. The molecule has 3 rings (SSSR count). The molecule has 0 unspecified atom stereocenters. The van der Waals surface area contributed by atoms with Crippen LogP contribution in [0, 0.1) is 6.92 Å². The largest absolute Gasteiger partial charge is 0.375 e. The number of nitrogen functional groups attached to an aromatic ring is 1. The van der Waals surface area contributed by atoms with Crippen molar-refractivity contribution in [2.24, 2.45) is 0 Å². The summed E-state index contributed by atoms with van der Waals surface area (Å²) in [6.07, 6.45) is 4.46. The van der Waals surface area contributed by atoms with E-state index in [4.69, 9.17) is 17.3 Å². The average molecular weight is 365 g/mol. The summed E-state index contributed by atoms with van der Waals surface area (Å²) in [5.41, 5.74) is 9.15. The smallest absolute Gasteiger partial charge is 0.180 e. The molecule has 2 aromatic rings. The first-order valence-corrected chi connectivity index (χ1v) is 9.82. The number of nitrogens with two attached hydrogens (primary N) is 1. The summed E-state index contributed by atoms with van der Waals surface area (Å²) in [7, 11) is 0. The van der Waals surface area contributed by atoms with Gasteiger partial charge in [-0.05, 0) is 56.8 Å². The molecule has 6 heteroatoms. The third-order valence-corrected chi connectivity index (χ3v) is 5.76. The Hall–Kier alpha value is -1.30. The lowest BCUT2D eigenvalue weighted by Crippen LogP contribution is -2.42. The number of hydrogen-bond donors (Lipinski definition) is 2. The number of anilines is 2. The highest BCUT2D eigenvalue weighted by Gasteiger charge is 2.19. The van der Waals surface area contributed by atoms with Crippen molar-refractivity contribution >= 4 is 33.8 Å². The molecule has 1 aromatic carbocycles. The van der Waals surface area contributed by atoms with Crippen LogP contribution in [0.1, 0.15) is 30.5 Å². The number of benzene rings is 1. The number of aromatic nitrogens is 1. The number of halogens is 1. The van der Waals surface area contributed by atoms with Gasteiger partial charge >= 0.3 is 0 Å². The van der Waals surface area contributed by atoms with E-state index >= 15 is 0 Å². The van der Waals surface area contributed by atoms with Crippen molar-refractivity contribution in [2.45, 2.75) is 38.6 Å². The highest BCUT2D eigenvalue weighted by molar-refractivity contribution is 7.13. The Balaban J connectivity index is 1.38. The minimum Gasteiger partial charge on any atom is -0.375 e. The van der Waals surface area contributed by atoms with Gasteiger partial charge < -0.3 is 16.0 Å². The third-order valence-electron chi connectivity index (χ3n) is 4.63. The molecule has 1 saturated heterocycles. The van der Waals surface area contributed by atoms with E-state index in [0.717, 1.165) is 48.8 Å². The summed E-state index contributed by atoms with van der Waals surface area (Å²) < 4.78 is 0. The second-order valence-corrected chi connectivity index (χ2v) is 7.73. The molecule has 3 N–H and O–H groups in total. The fraction of sp³-hybridized carbons (Fsp3) is 0.500. The Morgan fingerprint density at radius 1 is 1.38 bits per heavy atom. The standard InChI is InChI=1S/C18H25ClN4S/c1-13-4-5-16(11-17(13)19)23-9-6-14(7-10-23)21-8-2-3-15-12-24-18(20)22-15/h4-5,11-12,14,21H,2-3,6-10H2,1H3,(H2,20,22). The first-order valence-electron chi connectivity index (χ1n) is 8.56. The van der Waals surface area contributed by atoms with E-state index in [1.807, 2.05) is 6.92 Å². The molecule has 0 radical (unpaired) electrons. The second kappa shape index (κ2) is 8.19. The summed E-state index contributed by atoms with van der Waals surface area (Å²) in [6, 6.07) is 6.98. The van der Waals surface area contributed by atoms with Crippen molar-refractivity contribution in [3.63, 3.8) is 0 Å². The highest BCUT2D eigenvalue weighted by atomic mass is 35.5. The quantitative estimate of drug-likeness (QED) is 0.764. The second-order valence-electron chi connectivity index (χ2n) is 6.43. The van der Waals surface area contributed by atoms with Crippen molar-refractivity contribution in [3.05, 3.63) is 39.9 Å². The molecule has 0 spiro atoms. The predicted molar refractivity (Wildman–Crippen MR) is 104 cm³/mol. The zero-order valence-electron chi connectivity index (χ0n) is 14.1. The first kappa shape index (κ1) is 17.5. The third kappa shape index (κ3) is 4.62. The van der Waals surface area contributed by atoms with E-state index in [2.05, 4.69) is 38.8 Å². The average Bonchev–Trinajstić information content (AvgIpc) is 3.00. The van der Waals surface area contributed by atoms with Crippen LogP contribution in [-0.4, -0.2) is 30.7 Å². The van der Waals surface area contributed by atoms with Crippen molar-refractivity contribution in [1.82, 2.24) is 10.3 Å². The lowest BCUT2D eigenvalue weighted by Gasteiger charge is -2.34. The number of nitrogens with zero attached hydrogens (tertiary/aromatic N) is 2. The van der Waals surface area contributed by atoms with Gasteiger partial charge in [0.1, 0.15) is 0 Å². The summed E-state index contributed by atoms with van der Waals surface area (Å²) in [5.74, 6) is 0. The molecule has 0 atom stereocenters. The summed E-state index contributed by atoms with van der Waals surface area (Å²) in [4.78, 5) is 6.73. The predicted octanol–water partition coefficient (Wildman–Crippen LogP) is 3.88. The van der Waals surface area contributed by atoms with Crippen LogP contribution in [0.2, 0.25) is 5.02 Å². The zero-order chi connectivity index (χ0) is 16.9. The lowest BCUT2D eigenvalue weighted by atomic mass is 10.0.